The van der Waals surface area contributed by atoms with Crippen LogP contribution in [-0.4, -0.2) is 37.3 Å². The zero-order chi connectivity index (χ0) is 20.6. The molecular formula is C21H24N4O4. The van der Waals surface area contributed by atoms with Gasteiger partial charge in [0.25, 0.3) is 0 Å². The van der Waals surface area contributed by atoms with Gasteiger partial charge in [-0.1, -0.05) is 18.2 Å². The molecule has 2 aromatic carbocycles. The Morgan fingerprint density at radius 1 is 1.07 bits per heavy atom. The van der Waals surface area contributed by atoms with Crippen LogP contribution in [-0.2, 0) is 13.1 Å². The smallest absolute Gasteiger partial charge is 0.226 e. The maximum atomic E-state index is 10.0. The number of nitrogens with one attached hydrogen (secondary N) is 2. The monoisotopic (exact) mass is 396 g/mol. The topological polar surface area (TPSA) is 101 Å². The molecule has 0 aliphatic carbocycles. The number of rotatable bonds is 7. The molecule has 0 radical (unpaired) electrons. The summed E-state index contributed by atoms with van der Waals surface area (Å²) >= 11 is 0. The van der Waals surface area contributed by atoms with Gasteiger partial charge in [-0.2, -0.15) is 0 Å². The number of phenols is 1. The SMILES string of the molecule is CN=C(NCc1cc(OC)c(O)c(OC)c1)NCc1coc(-c2ccccc2)n1. The molecule has 29 heavy (non-hydrogen) atoms. The van der Waals surface area contributed by atoms with Gasteiger partial charge in [-0.25, -0.2) is 4.98 Å². The van der Waals surface area contributed by atoms with E-state index < -0.39 is 0 Å². The van der Waals surface area contributed by atoms with Gasteiger partial charge < -0.3 is 29.6 Å². The summed E-state index contributed by atoms with van der Waals surface area (Å²) in [7, 11) is 4.67. The minimum absolute atomic E-state index is 0.0264. The van der Waals surface area contributed by atoms with Gasteiger partial charge in [0.15, 0.2) is 17.5 Å². The highest BCUT2D eigenvalue weighted by molar-refractivity contribution is 5.79. The van der Waals surface area contributed by atoms with Crippen LogP contribution in [0, 0.1) is 0 Å². The number of aromatic hydroxyl groups is 1. The quantitative estimate of drug-likeness (QED) is 0.417. The molecule has 0 bridgehead atoms. The van der Waals surface area contributed by atoms with Crippen molar-refractivity contribution in [1.82, 2.24) is 15.6 Å². The van der Waals surface area contributed by atoms with E-state index in [1.807, 2.05) is 30.3 Å². The lowest BCUT2D eigenvalue weighted by Crippen LogP contribution is -2.36. The molecule has 3 N–H and O–H groups in total. The molecule has 8 nitrogen and oxygen atoms in total. The summed E-state index contributed by atoms with van der Waals surface area (Å²) in [5.74, 6) is 1.84. The lowest BCUT2D eigenvalue weighted by Gasteiger charge is -2.14. The van der Waals surface area contributed by atoms with Crippen molar-refractivity contribution in [2.24, 2.45) is 4.99 Å². The molecule has 0 unspecified atom stereocenters. The fourth-order valence-electron chi connectivity index (χ4n) is 2.73. The molecule has 3 rings (SSSR count). The Kier molecular flexibility index (Phi) is 6.57. The Labute approximate surface area is 169 Å². The van der Waals surface area contributed by atoms with E-state index in [4.69, 9.17) is 13.9 Å². The highest BCUT2D eigenvalue weighted by Gasteiger charge is 2.12. The maximum absolute atomic E-state index is 10.0. The first-order valence-corrected chi connectivity index (χ1v) is 9.02. The van der Waals surface area contributed by atoms with Gasteiger partial charge in [-0.3, -0.25) is 4.99 Å². The van der Waals surface area contributed by atoms with Crippen LogP contribution in [0.25, 0.3) is 11.5 Å². The molecule has 0 fully saturated rings. The molecule has 0 spiro atoms. The minimum Gasteiger partial charge on any atom is -0.502 e. The summed E-state index contributed by atoms with van der Waals surface area (Å²) in [4.78, 5) is 8.70. The second-order valence-corrected chi connectivity index (χ2v) is 6.14. The van der Waals surface area contributed by atoms with E-state index in [0.717, 1.165) is 16.8 Å². The van der Waals surface area contributed by atoms with Crippen molar-refractivity contribution < 1.29 is 19.0 Å². The van der Waals surface area contributed by atoms with E-state index in [1.54, 1.807) is 25.4 Å². The zero-order valence-corrected chi connectivity index (χ0v) is 16.6. The average Bonchev–Trinajstić information content (AvgIpc) is 3.24. The summed E-state index contributed by atoms with van der Waals surface area (Å²) in [6.07, 6.45) is 1.62. The van der Waals surface area contributed by atoms with E-state index in [2.05, 4.69) is 20.6 Å². The first-order chi connectivity index (χ1) is 14.1. The number of oxazole rings is 1. The first-order valence-electron chi connectivity index (χ1n) is 9.02. The van der Waals surface area contributed by atoms with E-state index >= 15 is 0 Å². The molecule has 0 aliphatic rings. The van der Waals surface area contributed by atoms with Crippen molar-refractivity contribution in [1.29, 1.82) is 0 Å². The minimum atomic E-state index is -0.0264. The molecule has 0 amide bonds. The van der Waals surface area contributed by atoms with Crippen LogP contribution in [0.5, 0.6) is 17.2 Å². The molecule has 1 aromatic heterocycles. The van der Waals surface area contributed by atoms with Crippen LogP contribution in [0.3, 0.4) is 0 Å². The lowest BCUT2D eigenvalue weighted by molar-refractivity contribution is 0.339. The number of guanidine groups is 1. The first kappa shape index (κ1) is 20.1. The third-order valence-corrected chi connectivity index (χ3v) is 4.23. The average molecular weight is 396 g/mol. The number of aliphatic imine (C=N–C) groups is 1. The molecule has 0 saturated heterocycles. The van der Waals surface area contributed by atoms with Gasteiger partial charge in [0.2, 0.25) is 11.6 Å². The van der Waals surface area contributed by atoms with E-state index in [0.29, 0.717) is 36.4 Å². The van der Waals surface area contributed by atoms with Gasteiger partial charge >= 0.3 is 0 Å². The normalized spacial score (nSPS) is 11.2. The number of nitrogens with zero attached hydrogens (tertiary/aromatic N) is 2. The molecule has 0 saturated carbocycles. The van der Waals surface area contributed by atoms with Crippen molar-refractivity contribution in [2.75, 3.05) is 21.3 Å². The third-order valence-electron chi connectivity index (χ3n) is 4.23. The largest absolute Gasteiger partial charge is 0.502 e. The highest BCUT2D eigenvalue weighted by Crippen LogP contribution is 2.37. The number of ether oxygens (including phenoxy) is 2. The predicted molar refractivity (Wildman–Crippen MR) is 110 cm³/mol. The number of hydrogen-bond donors (Lipinski definition) is 3. The number of benzene rings is 2. The standard InChI is InChI=1S/C21H24N4O4/c1-22-21(23-11-14-9-17(27-2)19(26)18(10-14)28-3)24-12-16-13-29-20(25-16)15-7-5-4-6-8-15/h4-10,13,26H,11-12H2,1-3H3,(H2,22,23,24). The Hall–Kier alpha value is -3.68. The lowest BCUT2D eigenvalue weighted by atomic mass is 10.2. The van der Waals surface area contributed by atoms with Crippen molar-refractivity contribution in [3.63, 3.8) is 0 Å². The van der Waals surface area contributed by atoms with Gasteiger partial charge in [0, 0.05) is 19.2 Å². The zero-order valence-electron chi connectivity index (χ0n) is 16.6. The van der Waals surface area contributed by atoms with Crippen LogP contribution < -0.4 is 20.1 Å². The molecule has 0 atom stereocenters. The fraction of sp³-hybridized carbons (Fsp3) is 0.238. The fourth-order valence-corrected chi connectivity index (χ4v) is 2.73. The van der Waals surface area contributed by atoms with Crippen molar-refractivity contribution in [2.45, 2.75) is 13.1 Å². The summed E-state index contributed by atoms with van der Waals surface area (Å²) in [5.41, 5.74) is 2.56. The summed E-state index contributed by atoms with van der Waals surface area (Å²) in [6.45, 7) is 0.916. The number of methoxy groups -OCH3 is 2. The molecular weight excluding hydrogens is 372 g/mol. The molecule has 152 valence electrons. The van der Waals surface area contributed by atoms with Crippen molar-refractivity contribution in [3.8, 4) is 28.7 Å². The van der Waals surface area contributed by atoms with E-state index in [1.165, 1.54) is 14.2 Å². The van der Waals surface area contributed by atoms with E-state index in [-0.39, 0.29) is 5.75 Å². The molecule has 3 aromatic rings. The molecule has 8 heteroatoms. The second kappa shape index (κ2) is 9.50. The van der Waals surface area contributed by atoms with Crippen molar-refractivity contribution in [3.05, 3.63) is 60.0 Å². The van der Waals surface area contributed by atoms with Gasteiger partial charge in [0.1, 0.15) is 6.26 Å². The van der Waals surface area contributed by atoms with Crippen molar-refractivity contribution >= 4 is 5.96 Å². The number of hydrogen-bond acceptors (Lipinski definition) is 6. The Morgan fingerprint density at radius 3 is 2.34 bits per heavy atom. The number of phenolic OH excluding ortho intramolecular Hbond substituents is 1. The predicted octanol–water partition coefficient (Wildman–Crippen LogP) is 2.93. The molecule has 1 heterocycles. The summed E-state index contributed by atoms with van der Waals surface area (Å²) in [6, 6.07) is 13.2. The summed E-state index contributed by atoms with van der Waals surface area (Å²) < 4.78 is 15.9. The van der Waals surface area contributed by atoms with E-state index in [9.17, 15) is 5.11 Å². The van der Waals surface area contributed by atoms with Crippen LogP contribution in [0.4, 0.5) is 0 Å². The second-order valence-electron chi connectivity index (χ2n) is 6.14. The van der Waals surface area contributed by atoms with Crippen LogP contribution >= 0.6 is 0 Å². The molecule has 0 aliphatic heterocycles. The third kappa shape index (κ3) is 4.98. The van der Waals surface area contributed by atoms with Crippen LogP contribution in [0.2, 0.25) is 0 Å². The van der Waals surface area contributed by atoms with Crippen LogP contribution in [0.1, 0.15) is 11.3 Å². The van der Waals surface area contributed by atoms with Crippen LogP contribution in [0.15, 0.2) is 58.1 Å². The highest BCUT2D eigenvalue weighted by atomic mass is 16.5. The Bertz CT molecular complexity index is 945. The van der Waals surface area contributed by atoms with Gasteiger partial charge in [-0.05, 0) is 29.8 Å². The number of aromatic nitrogens is 1. The Balaban J connectivity index is 1.59. The maximum Gasteiger partial charge on any atom is 0.226 e. The summed E-state index contributed by atoms with van der Waals surface area (Å²) in [5, 5.41) is 16.4. The van der Waals surface area contributed by atoms with Gasteiger partial charge in [0.05, 0.1) is 26.5 Å². The van der Waals surface area contributed by atoms with Gasteiger partial charge in [-0.15, -0.1) is 0 Å². The Morgan fingerprint density at radius 2 is 1.72 bits per heavy atom.